The molecule has 1 aromatic heterocycles. The molecule has 1 amide bonds. The molecule has 0 aliphatic carbocycles. The highest BCUT2D eigenvalue weighted by atomic mass is 79.9. The third kappa shape index (κ3) is 3.59. The van der Waals surface area contributed by atoms with E-state index < -0.39 is 4.32 Å². The summed E-state index contributed by atoms with van der Waals surface area (Å²) in [6.45, 7) is 6.93. The van der Waals surface area contributed by atoms with Crippen molar-refractivity contribution in [1.29, 1.82) is 0 Å². The van der Waals surface area contributed by atoms with E-state index >= 15 is 0 Å². The van der Waals surface area contributed by atoms with Crippen molar-refractivity contribution >= 4 is 21.8 Å². The lowest BCUT2D eigenvalue weighted by molar-refractivity contribution is -0.133. The number of alkyl halides is 1. The molecule has 0 N–H and O–H groups in total. The van der Waals surface area contributed by atoms with Crippen LogP contribution in [0.2, 0.25) is 0 Å². The summed E-state index contributed by atoms with van der Waals surface area (Å²) >= 11 is 3.39. The van der Waals surface area contributed by atoms with E-state index in [9.17, 15) is 4.79 Å². The van der Waals surface area contributed by atoms with Gasteiger partial charge < -0.3 is 4.90 Å². The normalized spacial score (nSPS) is 11.2. The van der Waals surface area contributed by atoms with Gasteiger partial charge in [-0.15, -0.1) is 0 Å². The monoisotopic (exact) mass is 284 g/mol. The highest BCUT2D eigenvalue weighted by Crippen LogP contribution is 2.20. The highest BCUT2D eigenvalue weighted by molar-refractivity contribution is 9.10. The van der Waals surface area contributed by atoms with Crippen LogP contribution < -0.4 is 0 Å². The molecule has 0 radical (unpaired) electrons. The number of carbonyl (C=O) groups excluding carboxylic acids is 1. The van der Waals surface area contributed by atoms with Gasteiger partial charge in [-0.3, -0.25) is 9.78 Å². The van der Waals surface area contributed by atoms with Gasteiger partial charge in [0.05, 0.1) is 16.6 Å². The maximum Gasteiger partial charge on any atom is 0.239 e. The fourth-order valence-corrected chi connectivity index (χ4v) is 1.64. The van der Waals surface area contributed by atoms with Gasteiger partial charge in [0, 0.05) is 12.7 Å². The molecule has 0 bridgehead atoms. The van der Waals surface area contributed by atoms with Crippen molar-refractivity contribution in [3.8, 4) is 0 Å². The van der Waals surface area contributed by atoms with Crippen molar-refractivity contribution in [2.45, 2.75) is 31.6 Å². The lowest BCUT2D eigenvalue weighted by atomic mass is 10.2. The molecule has 0 spiro atoms. The van der Waals surface area contributed by atoms with Gasteiger partial charge in [0.25, 0.3) is 0 Å². The van der Waals surface area contributed by atoms with Crippen LogP contribution >= 0.6 is 15.9 Å². The first kappa shape index (κ1) is 13.2. The second-order valence-electron chi connectivity index (χ2n) is 4.11. The van der Waals surface area contributed by atoms with E-state index in [4.69, 9.17) is 0 Å². The number of hydrogen-bond acceptors (Lipinski definition) is 2. The fourth-order valence-electron chi connectivity index (χ4n) is 1.39. The van der Waals surface area contributed by atoms with E-state index in [2.05, 4.69) is 20.9 Å². The van der Waals surface area contributed by atoms with Crippen LogP contribution in [0.25, 0.3) is 0 Å². The van der Waals surface area contributed by atoms with Gasteiger partial charge in [-0.05, 0) is 32.9 Å². The molecule has 0 aliphatic rings. The summed E-state index contributed by atoms with van der Waals surface area (Å²) < 4.78 is -0.516. The number of rotatable bonds is 4. The Morgan fingerprint density at radius 2 is 2.19 bits per heavy atom. The van der Waals surface area contributed by atoms with Crippen molar-refractivity contribution in [3.05, 3.63) is 30.1 Å². The van der Waals surface area contributed by atoms with E-state index in [0.717, 1.165) is 5.69 Å². The summed E-state index contributed by atoms with van der Waals surface area (Å²) in [5.41, 5.74) is 0.912. The maximum atomic E-state index is 12.1. The van der Waals surface area contributed by atoms with Crippen molar-refractivity contribution in [2.24, 2.45) is 0 Å². The van der Waals surface area contributed by atoms with Crippen LogP contribution in [0.15, 0.2) is 24.4 Å². The molecule has 0 aromatic carbocycles. The van der Waals surface area contributed by atoms with Gasteiger partial charge in [0.1, 0.15) is 0 Å². The highest BCUT2D eigenvalue weighted by Gasteiger charge is 2.28. The molecule has 16 heavy (non-hydrogen) atoms. The number of nitrogens with zero attached hydrogens (tertiary/aromatic N) is 2. The van der Waals surface area contributed by atoms with Crippen LogP contribution in [-0.2, 0) is 11.3 Å². The average molecular weight is 285 g/mol. The van der Waals surface area contributed by atoms with Crippen molar-refractivity contribution in [1.82, 2.24) is 9.88 Å². The maximum absolute atomic E-state index is 12.1. The fraction of sp³-hybridized carbons (Fsp3) is 0.500. The minimum atomic E-state index is -0.516. The van der Waals surface area contributed by atoms with Gasteiger partial charge in [-0.2, -0.15) is 0 Å². The molecular weight excluding hydrogens is 268 g/mol. The molecule has 0 fully saturated rings. The molecule has 1 heterocycles. The Kier molecular flexibility index (Phi) is 4.47. The molecule has 4 heteroatoms. The molecule has 0 aliphatic heterocycles. The summed E-state index contributed by atoms with van der Waals surface area (Å²) in [6.07, 6.45) is 1.74. The summed E-state index contributed by atoms with van der Waals surface area (Å²) in [6, 6.07) is 5.73. The van der Waals surface area contributed by atoms with Crippen molar-refractivity contribution in [2.75, 3.05) is 6.54 Å². The minimum Gasteiger partial charge on any atom is -0.336 e. The van der Waals surface area contributed by atoms with Crippen LogP contribution in [-0.4, -0.2) is 26.7 Å². The summed E-state index contributed by atoms with van der Waals surface area (Å²) in [4.78, 5) is 18.1. The Hall–Kier alpha value is -0.900. The Labute approximate surface area is 105 Å². The van der Waals surface area contributed by atoms with E-state index in [0.29, 0.717) is 13.1 Å². The standard InChI is InChI=1S/C12H17BrN2O/c1-4-15(11(16)12(2,3)13)9-10-7-5-6-8-14-10/h5-8H,4,9H2,1-3H3. The molecule has 0 saturated heterocycles. The third-order valence-electron chi connectivity index (χ3n) is 2.26. The van der Waals surface area contributed by atoms with Crippen molar-refractivity contribution in [3.63, 3.8) is 0 Å². The summed E-state index contributed by atoms with van der Waals surface area (Å²) in [5.74, 6) is 0.0839. The lowest BCUT2D eigenvalue weighted by Crippen LogP contribution is -2.41. The van der Waals surface area contributed by atoms with E-state index in [1.165, 1.54) is 0 Å². The van der Waals surface area contributed by atoms with Crippen LogP contribution in [0, 0.1) is 0 Å². The SMILES string of the molecule is CCN(Cc1ccccn1)C(=O)C(C)(C)Br. The Morgan fingerprint density at radius 1 is 1.50 bits per heavy atom. The smallest absolute Gasteiger partial charge is 0.239 e. The van der Waals surface area contributed by atoms with Crippen LogP contribution in [0.3, 0.4) is 0 Å². The Bertz CT molecular complexity index is 346. The van der Waals surface area contributed by atoms with Crippen LogP contribution in [0.1, 0.15) is 26.5 Å². The summed E-state index contributed by atoms with van der Waals surface area (Å²) in [7, 11) is 0. The number of amides is 1. The number of hydrogen-bond donors (Lipinski definition) is 0. The van der Waals surface area contributed by atoms with Gasteiger partial charge in [0.2, 0.25) is 5.91 Å². The first-order chi connectivity index (χ1) is 7.45. The Morgan fingerprint density at radius 3 is 2.62 bits per heavy atom. The molecular formula is C12H17BrN2O. The Balaban J connectivity index is 2.74. The minimum absolute atomic E-state index is 0.0839. The predicted octanol–water partition coefficient (Wildman–Crippen LogP) is 2.60. The quantitative estimate of drug-likeness (QED) is 0.797. The lowest BCUT2D eigenvalue weighted by Gasteiger charge is -2.27. The van der Waals surface area contributed by atoms with Gasteiger partial charge in [-0.25, -0.2) is 0 Å². The van der Waals surface area contributed by atoms with Crippen LogP contribution in [0.4, 0.5) is 0 Å². The zero-order chi connectivity index (χ0) is 12.2. The number of halogens is 1. The van der Waals surface area contributed by atoms with E-state index in [-0.39, 0.29) is 5.91 Å². The zero-order valence-corrected chi connectivity index (χ0v) is 11.5. The second kappa shape index (κ2) is 5.43. The first-order valence-electron chi connectivity index (χ1n) is 5.33. The molecule has 88 valence electrons. The van der Waals surface area contributed by atoms with Crippen molar-refractivity contribution < 1.29 is 4.79 Å². The van der Waals surface area contributed by atoms with Gasteiger partial charge >= 0.3 is 0 Å². The zero-order valence-electron chi connectivity index (χ0n) is 9.90. The molecule has 1 aromatic rings. The van der Waals surface area contributed by atoms with Gasteiger partial charge in [0.15, 0.2) is 0 Å². The second-order valence-corrected chi connectivity index (χ2v) is 6.10. The topological polar surface area (TPSA) is 33.2 Å². The number of carbonyl (C=O) groups is 1. The largest absolute Gasteiger partial charge is 0.336 e. The van der Waals surface area contributed by atoms with Crippen LogP contribution in [0.5, 0.6) is 0 Å². The van der Waals surface area contributed by atoms with E-state index in [1.54, 1.807) is 11.1 Å². The first-order valence-corrected chi connectivity index (χ1v) is 6.12. The third-order valence-corrected chi connectivity index (χ3v) is 2.60. The predicted molar refractivity (Wildman–Crippen MR) is 68.3 cm³/mol. The molecule has 0 unspecified atom stereocenters. The number of pyridine rings is 1. The average Bonchev–Trinajstić information content (AvgIpc) is 2.25. The molecule has 0 atom stereocenters. The summed E-state index contributed by atoms with van der Waals surface area (Å²) in [5, 5.41) is 0. The van der Waals surface area contributed by atoms with Gasteiger partial charge in [-0.1, -0.05) is 22.0 Å². The van der Waals surface area contributed by atoms with E-state index in [1.807, 2.05) is 39.0 Å². The molecule has 3 nitrogen and oxygen atoms in total. The molecule has 0 saturated carbocycles. The molecule has 1 rings (SSSR count). The number of aromatic nitrogens is 1.